The molecule has 0 atom stereocenters. The van der Waals surface area contributed by atoms with E-state index in [1.165, 1.54) is 6.33 Å². The summed E-state index contributed by atoms with van der Waals surface area (Å²) in [6.45, 7) is 0. The van der Waals surface area contributed by atoms with E-state index in [2.05, 4.69) is 10.2 Å². The van der Waals surface area contributed by atoms with Crippen molar-refractivity contribution in [2.24, 2.45) is 0 Å². The van der Waals surface area contributed by atoms with Crippen molar-refractivity contribution in [2.75, 3.05) is 0 Å². The van der Waals surface area contributed by atoms with Gasteiger partial charge in [0.25, 0.3) is 0 Å². The van der Waals surface area contributed by atoms with Gasteiger partial charge in [-0.1, -0.05) is 0 Å². The summed E-state index contributed by atoms with van der Waals surface area (Å²) in [6.07, 6.45) is -1.27. The zero-order valence-electron chi connectivity index (χ0n) is 9.65. The van der Waals surface area contributed by atoms with Crippen LogP contribution < -0.4 is 0 Å². The van der Waals surface area contributed by atoms with Gasteiger partial charge in [0.15, 0.2) is 5.82 Å². The van der Waals surface area contributed by atoms with Crippen LogP contribution in [0.2, 0.25) is 0 Å². The quantitative estimate of drug-likeness (QED) is 0.783. The topological polar surface area (TPSA) is 30.7 Å². The van der Waals surface area contributed by atoms with Crippen molar-refractivity contribution in [3.05, 3.63) is 35.9 Å². The van der Waals surface area contributed by atoms with Crippen molar-refractivity contribution in [1.82, 2.24) is 14.8 Å². The molecule has 1 fully saturated rings. The summed E-state index contributed by atoms with van der Waals surface area (Å²) in [6, 6.07) is 2.47. The van der Waals surface area contributed by atoms with Crippen LogP contribution >= 0.6 is 0 Å². The van der Waals surface area contributed by atoms with E-state index in [0.29, 0.717) is 0 Å². The maximum atomic E-state index is 13.7. The van der Waals surface area contributed by atoms with Crippen LogP contribution in [0.4, 0.5) is 17.6 Å². The molecule has 1 saturated carbocycles. The molecule has 1 aliphatic rings. The van der Waals surface area contributed by atoms with Crippen molar-refractivity contribution in [2.45, 2.75) is 25.1 Å². The first kappa shape index (κ1) is 12.1. The molecule has 0 aliphatic heterocycles. The van der Waals surface area contributed by atoms with Crippen molar-refractivity contribution in [1.29, 1.82) is 0 Å². The molecule has 1 aromatic heterocycles. The zero-order chi connectivity index (χ0) is 13.6. The lowest BCUT2D eigenvalue weighted by Crippen LogP contribution is -2.06. The van der Waals surface area contributed by atoms with Gasteiger partial charge in [0.1, 0.15) is 12.1 Å². The number of nitrogens with zero attached hydrogens (tertiary/aromatic N) is 3. The fraction of sp³-hybridized carbons (Fsp3) is 0.333. The fourth-order valence-corrected chi connectivity index (χ4v) is 1.93. The molecule has 0 saturated heterocycles. The number of aromatic nitrogens is 3. The highest BCUT2D eigenvalue weighted by atomic mass is 19.4. The number of halogens is 4. The summed E-state index contributed by atoms with van der Waals surface area (Å²) in [5.41, 5.74) is -1.06. The highest BCUT2D eigenvalue weighted by Gasteiger charge is 2.33. The average molecular weight is 271 g/mol. The first-order chi connectivity index (χ1) is 8.97. The molecule has 0 N–H and O–H groups in total. The van der Waals surface area contributed by atoms with E-state index in [0.717, 1.165) is 31.0 Å². The molecule has 0 spiro atoms. The van der Waals surface area contributed by atoms with Crippen molar-refractivity contribution < 1.29 is 17.6 Å². The lowest BCUT2D eigenvalue weighted by atomic mass is 10.1. The molecule has 0 bridgehead atoms. The zero-order valence-corrected chi connectivity index (χ0v) is 9.65. The van der Waals surface area contributed by atoms with Gasteiger partial charge in [-0.2, -0.15) is 13.2 Å². The van der Waals surface area contributed by atoms with Crippen LogP contribution in [0.3, 0.4) is 0 Å². The first-order valence-corrected chi connectivity index (χ1v) is 5.73. The smallest absolute Gasteiger partial charge is 0.310 e. The van der Waals surface area contributed by atoms with E-state index in [1.54, 1.807) is 4.57 Å². The van der Waals surface area contributed by atoms with Crippen LogP contribution in [0, 0.1) is 5.82 Å². The van der Waals surface area contributed by atoms with E-state index in [4.69, 9.17) is 0 Å². The molecule has 1 aliphatic carbocycles. The Morgan fingerprint density at radius 2 is 1.95 bits per heavy atom. The van der Waals surface area contributed by atoms with E-state index in [9.17, 15) is 17.6 Å². The number of hydrogen-bond acceptors (Lipinski definition) is 2. The molecule has 1 heterocycles. The highest BCUT2D eigenvalue weighted by Crippen LogP contribution is 2.39. The normalized spacial score (nSPS) is 15.8. The van der Waals surface area contributed by atoms with Gasteiger partial charge in [0.05, 0.1) is 11.1 Å². The Morgan fingerprint density at radius 3 is 2.58 bits per heavy atom. The van der Waals surface area contributed by atoms with Gasteiger partial charge in [-0.25, -0.2) is 4.39 Å². The molecule has 100 valence electrons. The SMILES string of the molecule is Fc1ccc(C(F)(F)F)cc1-c1nncn1C1CC1. The predicted octanol–water partition coefficient (Wildman–Crippen LogP) is 3.44. The van der Waals surface area contributed by atoms with E-state index < -0.39 is 17.6 Å². The fourth-order valence-electron chi connectivity index (χ4n) is 1.93. The predicted molar refractivity (Wildman–Crippen MR) is 58.7 cm³/mol. The maximum Gasteiger partial charge on any atom is 0.416 e. The maximum absolute atomic E-state index is 13.7. The van der Waals surface area contributed by atoms with Gasteiger partial charge < -0.3 is 4.57 Å². The molecular weight excluding hydrogens is 262 g/mol. The molecule has 7 heteroatoms. The molecule has 3 rings (SSSR count). The third kappa shape index (κ3) is 2.20. The summed E-state index contributed by atoms with van der Waals surface area (Å²) in [7, 11) is 0. The lowest BCUT2D eigenvalue weighted by Gasteiger charge is -2.10. The van der Waals surface area contributed by atoms with Gasteiger partial charge in [-0.05, 0) is 31.0 Å². The molecule has 0 unspecified atom stereocenters. The molecule has 0 radical (unpaired) electrons. The Bertz CT molecular complexity index is 614. The number of benzene rings is 1. The molecule has 1 aromatic carbocycles. The standard InChI is InChI=1S/C12H9F4N3/c13-10-4-1-7(12(14,15)16)5-9(10)11-18-17-6-19(11)8-2-3-8/h1,4-6,8H,2-3H2. The molecule has 0 amide bonds. The largest absolute Gasteiger partial charge is 0.416 e. The Hall–Kier alpha value is -1.92. The van der Waals surface area contributed by atoms with E-state index in [1.807, 2.05) is 0 Å². The third-order valence-electron chi connectivity index (χ3n) is 3.05. The second-order valence-corrected chi connectivity index (χ2v) is 4.49. The Labute approximate surface area is 105 Å². The average Bonchev–Trinajstić information content (AvgIpc) is 3.07. The Morgan fingerprint density at radius 1 is 1.21 bits per heavy atom. The Kier molecular flexibility index (Phi) is 2.58. The monoisotopic (exact) mass is 271 g/mol. The number of alkyl halides is 3. The van der Waals surface area contributed by atoms with Crippen LogP contribution in [0.25, 0.3) is 11.4 Å². The summed E-state index contributed by atoms with van der Waals surface area (Å²) in [5.74, 6) is -0.589. The lowest BCUT2D eigenvalue weighted by molar-refractivity contribution is -0.137. The summed E-state index contributed by atoms with van der Waals surface area (Å²) < 4.78 is 53.3. The molecule has 19 heavy (non-hydrogen) atoms. The van der Waals surface area contributed by atoms with Crippen molar-refractivity contribution >= 4 is 0 Å². The highest BCUT2D eigenvalue weighted by molar-refractivity contribution is 5.58. The Balaban J connectivity index is 2.10. The van der Waals surface area contributed by atoms with Gasteiger partial charge in [-0.3, -0.25) is 0 Å². The minimum absolute atomic E-state index is 0.145. The number of hydrogen-bond donors (Lipinski definition) is 0. The van der Waals surface area contributed by atoms with Gasteiger partial charge in [0.2, 0.25) is 0 Å². The van der Waals surface area contributed by atoms with Crippen LogP contribution in [-0.4, -0.2) is 14.8 Å². The van der Waals surface area contributed by atoms with Gasteiger partial charge in [-0.15, -0.1) is 10.2 Å². The van der Waals surface area contributed by atoms with Gasteiger partial charge >= 0.3 is 6.18 Å². The summed E-state index contributed by atoms with van der Waals surface area (Å²) in [4.78, 5) is 0. The summed E-state index contributed by atoms with van der Waals surface area (Å²) in [5, 5.41) is 7.40. The minimum Gasteiger partial charge on any atom is -0.310 e. The van der Waals surface area contributed by atoms with E-state index in [-0.39, 0.29) is 17.4 Å². The minimum atomic E-state index is -4.51. The van der Waals surface area contributed by atoms with Crippen LogP contribution in [0.1, 0.15) is 24.4 Å². The van der Waals surface area contributed by atoms with Crippen LogP contribution in [0.15, 0.2) is 24.5 Å². The van der Waals surface area contributed by atoms with Crippen molar-refractivity contribution in [3.63, 3.8) is 0 Å². The van der Waals surface area contributed by atoms with E-state index >= 15 is 0 Å². The molecule has 2 aromatic rings. The van der Waals surface area contributed by atoms with Crippen LogP contribution in [0.5, 0.6) is 0 Å². The summed E-state index contributed by atoms with van der Waals surface area (Å²) >= 11 is 0. The van der Waals surface area contributed by atoms with Crippen molar-refractivity contribution in [3.8, 4) is 11.4 Å². The second kappa shape index (κ2) is 4.04. The first-order valence-electron chi connectivity index (χ1n) is 5.73. The third-order valence-corrected chi connectivity index (χ3v) is 3.05. The second-order valence-electron chi connectivity index (χ2n) is 4.49. The number of rotatable bonds is 2. The molecular formula is C12H9F4N3. The van der Waals surface area contributed by atoms with Crippen LogP contribution in [-0.2, 0) is 6.18 Å². The van der Waals surface area contributed by atoms with Gasteiger partial charge in [0, 0.05) is 6.04 Å². The molecule has 3 nitrogen and oxygen atoms in total.